The lowest BCUT2D eigenvalue weighted by Gasteiger charge is -2.18. The average Bonchev–Trinajstić information content (AvgIpc) is 1.98. The smallest absolute Gasteiger partial charge is 0.117 e. The van der Waals surface area contributed by atoms with Gasteiger partial charge in [-0.15, -0.1) is 34.8 Å². The zero-order valence-corrected chi connectivity index (χ0v) is 11.7. The van der Waals surface area contributed by atoms with Crippen molar-refractivity contribution in [1.82, 2.24) is 0 Å². The maximum absolute atomic E-state index is 6.15. The third-order valence-electron chi connectivity index (χ3n) is 1.78. The Balaban J connectivity index is 2.86. The normalized spacial score (nSPS) is 14.0. The van der Waals surface area contributed by atoms with Gasteiger partial charge in [0.25, 0.3) is 0 Å². The highest BCUT2D eigenvalue weighted by molar-refractivity contribution is 6.48. The fraction of sp³-hybridized carbons (Fsp3) is 0.400. The molecular formula is C10H9Cl5. The first-order chi connectivity index (χ1) is 6.78. The van der Waals surface area contributed by atoms with Gasteiger partial charge < -0.3 is 0 Å². The van der Waals surface area contributed by atoms with Crippen LogP contribution in [0.4, 0.5) is 0 Å². The van der Waals surface area contributed by atoms with Crippen molar-refractivity contribution in [2.75, 3.05) is 0 Å². The lowest BCUT2D eigenvalue weighted by Crippen LogP contribution is -2.09. The third kappa shape index (κ3) is 5.01. The van der Waals surface area contributed by atoms with Gasteiger partial charge in [-0.1, -0.05) is 23.2 Å². The molecule has 1 aromatic rings. The maximum atomic E-state index is 6.15. The minimum Gasteiger partial charge on any atom is -0.118 e. The monoisotopic (exact) mass is 304 g/mol. The van der Waals surface area contributed by atoms with E-state index in [9.17, 15) is 0 Å². The van der Waals surface area contributed by atoms with E-state index in [4.69, 9.17) is 58.0 Å². The Bertz CT molecular complexity index is 322. The first-order valence-corrected chi connectivity index (χ1v) is 6.20. The van der Waals surface area contributed by atoms with E-state index in [0.717, 1.165) is 5.56 Å². The van der Waals surface area contributed by atoms with E-state index in [-0.39, 0.29) is 5.38 Å². The van der Waals surface area contributed by atoms with Crippen LogP contribution in [0.3, 0.4) is 0 Å². The van der Waals surface area contributed by atoms with Crippen LogP contribution in [-0.2, 0) is 0 Å². The van der Waals surface area contributed by atoms with Crippen molar-refractivity contribution in [3.8, 4) is 0 Å². The standard InChI is InChI=1S/C10H9Cl5/c1-10(14,15)5-9(13)6-2-7(11)4-8(12)3-6/h2-4,9H,5H2,1H3. The summed E-state index contributed by atoms with van der Waals surface area (Å²) in [7, 11) is 0. The molecule has 0 saturated carbocycles. The molecule has 1 aromatic carbocycles. The summed E-state index contributed by atoms with van der Waals surface area (Å²) >= 11 is 29.6. The fourth-order valence-electron chi connectivity index (χ4n) is 1.19. The summed E-state index contributed by atoms with van der Waals surface area (Å²) in [6.45, 7) is 1.69. The second-order valence-corrected chi connectivity index (χ2v) is 6.71. The molecule has 84 valence electrons. The van der Waals surface area contributed by atoms with Crippen LogP contribution in [0.2, 0.25) is 10.0 Å². The largest absolute Gasteiger partial charge is 0.118 e. The molecule has 0 N–H and O–H groups in total. The van der Waals surface area contributed by atoms with E-state index in [2.05, 4.69) is 0 Å². The van der Waals surface area contributed by atoms with Crippen LogP contribution in [-0.4, -0.2) is 4.33 Å². The molecule has 0 nitrogen and oxygen atoms in total. The summed E-state index contributed by atoms with van der Waals surface area (Å²) in [4.78, 5) is 0. The zero-order valence-electron chi connectivity index (χ0n) is 7.91. The van der Waals surface area contributed by atoms with Crippen molar-refractivity contribution in [2.24, 2.45) is 0 Å². The van der Waals surface area contributed by atoms with Crippen molar-refractivity contribution in [1.29, 1.82) is 0 Å². The van der Waals surface area contributed by atoms with Crippen LogP contribution in [0.1, 0.15) is 24.3 Å². The van der Waals surface area contributed by atoms with Gasteiger partial charge in [-0.05, 0) is 30.7 Å². The topological polar surface area (TPSA) is 0 Å². The van der Waals surface area contributed by atoms with Gasteiger partial charge in [0, 0.05) is 16.5 Å². The Labute approximate surface area is 114 Å². The molecular weight excluding hydrogens is 297 g/mol. The lowest BCUT2D eigenvalue weighted by atomic mass is 10.1. The highest BCUT2D eigenvalue weighted by Crippen LogP contribution is 2.37. The van der Waals surface area contributed by atoms with Gasteiger partial charge in [-0.2, -0.15) is 0 Å². The Morgan fingerprint density at radius 2 is 1.60 bits per heavy atom. The molecule has 0 bridgehead atoms. The number of hydrogen-bond donors (Lipinski definition) is 0. The molecule has 0 radical (unpaired) electrons. The quantitative estimate of drug-likeness (QED) is 0.614. The first-order valence-electron chi connectivity index (χ1n) is 4.26. The second kappa shape index (κ2) is 5.33. The molecule has 5 heteroatoms. The van der Waals surface area contributed by atoms with Crippen molar-refractivity contribution in [3.63, 3.8) is 0 Å². The molecule has 0 aliphatic carbocycles. The van der Waals surface area contributed by atoms with E-state index in [1.165, 1.54) is 0 Å². The minimum absolute atomic E-state index is 0.304. The summed E-state index contributed by atoms with van der Waals surface area (Å²) in [5.41, 5.74) is 0.821. The lowest BCUT2D eigenvalue weighted by molar-refractivity contribution is 0.727. The van der Waals surface area contributed by atoms with Crippen LogP contribution < -0.4 is 0 Å². The van der Waals surface area contributed by atoms with Gasteiger partial charge in [-0.25, -0.2) is 0 Å². The zero-order chi connectivity index (χ0) is 11.6. The van der Waals surface area contributed by atoms with E-state index in [0.29, 0.717) is 16.5 Å². The Kier molecular flexibility index (Phi) is 4.88. The highest BCUT2D eigenvalue weighted by atomic mass is 35.5. The number of halogens is 5. The van der Waals surface area contributed by atoms with Crippen molar-refractivity contribution in [3.05, 3.63) is 33.8 Å². The van der Waals surface area contributed by atoms with Crippen LogP contribution >= 0.6 is 58.0 Å². The second-order valence-electron chi connectivity index (χ2n) is 3.44. The molecule has 1 rings (SSSR count). The SMILES string of the molecule is CC(Cl)(Cl)CC(Cl)c1cc(Cl)cc(Cl)c1. The molecule has 15 heavy (non-hydrogen) atoms. The van der Waals surface area contributed by atoms with Gasteiger partial charge in [0.2, 0.25) is 0 Å². The van der Waals surface area contributed by atoms with Crippen molar-refractivity contribution < 1.29 is 0 Å². The Morgan fingerprint density at radius 1 is 1.13 bits per heavy atom. The molecule has 0 aromatic heterocycles. The minimum atomic E-state index is -0.860. The van der Waals surface area contributed by atoms with Gasteiger partial charge >= 0.3 is 0 Å². The van der Waals surface area contributed by atoms with Gasteiger partial charge in [-0.3, -0.25) is 0 Å². The summed E-state index contributed by atoms with van der Waals surface area (Å²) in [6.07, 6.45) is 0.425. The molecule has 1 atom stereocenters. The molecule has 0 saturated heterocycles. The van der Waals surface area contributed by atoms with E-state index >= 15 is 0 Å². The summed E-state index contributed by atoms with van der Waals surface area (Å²) in [5.74, 6) is 0. The van der Waals surface area contributed by atoms with E-state index in [1.54, 1.807) is 25.1 Å². The summed E-state index contributed by atoms with van der Waals surface area (Å²) in [6, 6.07) is 5.16. The summed E-state index contributed by atoms with van der Waals surface area (Å²) in [5, 5.41) is 0.796. The molecule has 1 unspecified atom stereocenters. The number of hydrogen-bond acceptors (Lipinski definition) is 0. The Hall–Kier alpha value is 0.670. The van der Waals surface area contributed by atoms with Crippen LogP contribution in [0.25, 0.3) is 0 Å². The molecule has 0 aliphatic rings. The highest BCUT2D eigenvalue weighted by Gasteiger charge is 2.23. The maximum Gasteiger partial charge on any atom is 0.117 e. The number of rotatable bonds is 3. The van der Waals surface area contributed by atoms with E-state index < -0.39 is 4.33 Å². The number of benzene rings is 1. The molecule has 0 spiro atoms. The van der Waals surface area contributed by atoms with Crippen molar-refractivity contribution in [2.45, 2.75) is 23.1 Å². The van der Waals surface area contributed by atoms with Crippen LogP contribution in [0, 0.1) is 0 Å². The molecule has 0 fully saturated rings. The van der Waals surface area contributed by atoms with Crippen LogP contribution in [0.15, 0.2) is 18.2 Å². The summed E-state index contributed by atoms with van der Waals surface area (Å²) < 4.78 is -0.860. The third-order valence-corrected chi connectivity index (χ3v) is 2.94. The first kappa shape index (κ1) is 13.7. The molecule has 0 heterocycles. The van der Waals surface area contributed by atoms with Crippen molar-refractivity contribution >= 4 is 58.0 Å². The predicted molar refractivity (Wildman–Crippen MR) is 69.8 cm³/mol. The van der Waals surface area contributed by atoms with E-state index in [1.807, 2.05) is 0 Å². The van der Waals surface area contributed by atoms with Crippen LogP contribution in [0.5, 0.6) is 0 Å². The van der Waals surface area contributed by atoms with Gasteiger partial charge in [0.05, 0.1) is 5.38 Å². The molecule has 0 aliphatic heterocycles. The van der Waals surface area contributed by atoms with Gasteiger partial charge in [0.1, 0.15) is 4.33 Å². The molecule has 0 amide bonds. The fourth-order valence-corrected chi connectivity index (χ4v) is 2.63. The van der Waals surface area contributed by atoms with Gasteiger partial charge in [0.15, 0.2) is 0 Å². The number of alkyl halides is 3. The predicted octanol–water partition coefficient (Wildman–Crippen LogP) is 5.86. The Morgan fingerprint density at radius 3 is 2.00 bits per heavy atom. The average molecular weight is 306 g/mol.